The van der Waals surface area contributed by atoms with Crippen LogP contribution in [0.2, 0.25) is 0 Å². The van der Waals surface area contributed by atoms with Crippen LogP contribution >= 0.6 is 0 Å². The SMILES string of the molecule is NC(Cc1ccccc1)C(=O)O.NC(N)=NCCCC(N)C(=O)O. The number of hydrogen-bond donors (Lipinski definition) is 6. The maximum absolute atomic E-state index is 10.4. The first-order valence-corrected chi connectivity index (χ1v) is 7.30. The van der Waals surface area contributed by atoms with Crippen molar-refractivity contribution in [3.63, 3.8) is 0 Å². The highest BCUT2D eigenvalue weighted by Gasteiger charge is 2.11. The average Bonchev–Trinajstić information content (AvgIpc) is 2.52. The lowest BCUT2D eigenvalue weighted by atomic mass is 10.1. The molecular weight excluding hydrogens is 314 g/mol. The Balaban J connectivity index is 0.000000441. The van der Waals surface area contributed by atoms with E-state index >= 15 is 0 Å². The lowest BCUT2D eigenvalue weighted by Crippen LogP contribution is -2.32. The van der Waals surface area contributed by atoms with Crippen molar-refractivity contribution in [1.82, 2.24) is 0 Å². The molecule has 0 fully saturated rings. The van der Waals surface area contributed by atoms with Gasteiger partial charge in [0.05, 0.1) is 0 Å². The molecule has 1 aromatic carbocycles. The Kier molecular flexibility index (Phi) is 10.5. The van der Waals surface area contributed by atoms with Crippen molar-refractivity contribution in [2.75, 3.05) is 6.54 Å². The minimum Gasteiger partial charge on any atom is -0.480 e. The molecule has 10 N–H and O–H groups in total. The van der Waals surface area contributed by atoms with E-state index in [0.717, 1.165) is 5.56 Å². The molecule has 0 aromatic heterocycles. The van der Waals surface area contributed by atoms with E-state index < -0.39 is 24.0 Å². The number of guanidine groups is 1. The number of nitrogens with zero attached hydrogens (tertiary/aromatic N) is 1. The van der Waals surface area contributed by atoms with Crippen molar-refractivity contribution in [2.45, 2.75) is 31.3 Å². The van der Waals surface area contributed by atoms with Crippen LogP contribution in [-0.4, -0.2) is 46.7 Å². The first kappa shape index (κ1) is 21.4. The summed E-state index contributed by atoms with van der Waals surface area (Å²) in [5.74, 6) is -1.95. The predicted molar refractivity (Wildman–Crippen MR) is 91.3 cm³/mol. The molecule has 0 aliphatic carbocycles. The predicted octanol–water partition coefficient (Wildman–Crippen LogP) is -0.907. The molecule has 134 valence electrons. The lowest BCUT2D eigenvalue weighted by molar-refractivity contribution is -0.139. The number of aliphatic carboxylic acids is 2. The fourth-order valence-electron chi connectivity index (χ4n) is 1.60. The van der Waals surface area contributed by atoms with Crippen LogP contribution in [-0.2, 0) is 16.0 Å². The van der Waals surface area contributed by atoms with E-state index in [0.29, 0.717) is 25.8 Å². The highest BCUT2D eigenvalue weighted by atomic mass is 16.4. The zero-order chi connectivity index (χ0) is 18.5. The minimum absolute atomic E-state index is 0.0129. The van der Waals surface area contributed by atoms with Crippen LogP contribution in [0, 0.1) is 0 Å². The van der Waals surface area contributed by atoms with Crippen LogP contribution < -0.4 is 22.9 Å². The third kappa shape index (κ3) is 11.0. The second-order valence-corrected chi connectivity index (χ2v) is 5.03. The van der Waals surface area contributed by atoms with Crippen molar-refractivity contribution >= 4 is 17.9 Å². The number of carboxylic acid groups (broad SMARTS) is 2. The van der Waals surface area contributed by atoms with Crippen LogP contribution in [0.3, 0.4) is 0 Å². The topological polar surface area (TPSA) is 191 Å². The van der Waals surface area contributed by atoms with Gasteiger partial charge < -0.3 is 33.1 Å². The van der Waals surface area contributed by atoms with Crippen LogP contribution in [0.5, 0.6) is 0 Å². The van der Waals surface area contributed by atoms with Gasteiger partial charge in [0, 0.05) is 6.54 Å². The molecule has 0 bridgehead atoms. The van der Waals surface area contributed by atoms with Gasteiger partial charge in [0.1, 0.15) is 12.1 Å². The molecule has 0 amide bonds. The van der Waals surface area contributed by atoms with Gasteiger partial charge in [-0.05, 0) is 24.8 Å². The second kappa shape index (κ2) is 11.9. The summed E-state index contributed by atoms with van der Waals surface area (Å²) in [5, 5.41) is 16.9. The van der Waals surface area contributed by atoms with Crippen molar-refractivity contribution in [3.8, 4) is 0 Å². The van der Waals surface area contributed by atoms with E-state index in [4.69, 9.17) is 33.1 Å². The number of carboxylic acids is 2. The van der Waals surface area contributed by atoms with Crippen LogP contribution in [0.4, 0.5) is 0 Å². The molecule has 0 radical (unpaired) electrons. The van der Waals surface area contributed by atoms with Gasteiger partial charge in [0.2, 0.25) is 0 Å². The highest BCUT2D eigenvalue weighted by Crippen LogP contribution is 2.01. The third-order valence-corrected chi connectivity index (χ3v) is 2.90. The first-order valence-electron chi connectivity index (χ1n) is 7.30. The van der Waals surface area contributed by atoms with E-state index in [1.165, 1.54) is 0 Å². The van der Waals surface area contributed by atoms with Crippen molar-refractivity contribution in [1.29, 1.82) is 0 Å². The summed E-state index contributed by atoms with van der Waals surface area (Å²) in [7, 11) is 0. The molecule has 0 heterocycles. The quantitative estimate of drug-likeness (QED) is 0.199. The van der Waals surface area contributed by atoms with E-state index in [-0.39, 0.29) is 5.96 Å². The van der Waals surface area contributed by atoms with Gasteiger partial charge >= 0.3 is 11.9 Å². The monoisotopic (exact) mass is 339 g/mol. The van der Waals surface area contributed by atoms with Gasteiger partial charge in [-0.15, -0.1) is 0 Å². The van der Waals surface area contributed by atoms with Crippen LogP contribution in [0.25, 0.3) is 0 Å². The van der Waals surface area contributed by atoms with Gasteiger partial charge in [-0.25, -0.2) is 0 Å². The molecule has 24 heavy (non-hydrogen) atoms. The van der Waals surface area contributed by atoms with E-state index in [9.17, 15) is 9.59 Å². The Morgan fingerprint density at radius 3 is 2.00 bits per heavy atom. The Labute approximate surface area is 140 Å². The van der Waals surface area contributed by atoms with Crippen molar-refractivity contribution in [3.05, 3.63) is 35.9 Å². The maximum Gasteiger partial charge on any atom is 0.320 e. The van der Waals surface area contributed by atoms with Gasteiger partial charge in [0.15, 0.2) is 5.96 Å². The summed E-state index contributed by atoms with van der Waals surface area (Å²) < 4.78 is 0. The number of nitrogens with two attached hydrogens (primary N) is 4. The van der Waals surface area contributed by atoms with Crippen LogP contribution in [0.1, 0.15) is 18.4 Å². The third-order valence-electron chi connectivity index (χ3n) is 2.90. The molecule has 2 atom stereocenters. The first-order chi connectivity index (χ1) is 11.2. The Bertz CT molecular complexity index is 532. The van der Waals surface area contributed by atoms with Crippen LogP contribution in [0.15, 0.2) is 35.3 Å². The number of carbonyl (C=O) groups is 2. The molecule has 2 unspecified atom stereocenters. The van der Waals surface area contributed by atoms with Gasteiger partial charge in [-0.2, -0.15) is 0 Å². The lowest BCUT2D eigenvalue weighted by Gasteiger charge is -2.04. The number of rotatable bonds is 8. The standard InChI is InChI=1S/C9H11NO2.C6H14N4O2/c10-8(9(11)12)6-7-4-2-1-3-5-7;7-4(5(11)12)2-1-3-10-6(8)9/h1-5,8H,6,10H2,(H,11,12);4H,1-3,7H2,(H,11,12)(H4,8,9,10). The molecule has 9 heteroatoms. The minimum atomic E-state index is -1.00. The molecule has 0 spiro atoms. The Hall–Kier alpha value is -2.65. The molecule has 0 aliphatic rings. The average molecular weight is 339 g/mol. The van der Waals surface area contributed by atoms with Gasteiger partial charge in [0.25, 0.3) is 0 Å². The fourth-order valence-corrected chi connectivity index (χ4v) is 1.60. The smallest absolute Gasteiger partial charge is 0.320 e. The maximum atomic E-state index is 10.4. The molecule has 1 aromatic rings. The zero-order valence-corrected chi connectivity index (χ0v) is 13.3. The Morgan fingerprint density at radius 2 is 1.54 bits per heavy atom. The summed E-state index contributed by atoms with van der Waals surface area (Å²) in [6.07, 6.45) is 1.34. The molecule has 0 aliphatic heterocycles. The molecular formula is C15H25N5O4. The summed E-state index contributed by atoms with van der Waals surface area (Å²) in [5.41, 5.74) is 21.6. The molecule has 0 saturated heterocycles. The molecule has 0 saturated carbocycles. The molecule has 1 rings (SSSR count). The van der Waals surface area contributed by atoms with E-state index in [2.05, 4.69) is 4.99 Å². The van der Waals surface area contributed by atoms with E-state index in [1.807, 2.05) is 30.3 Å². The molecule has 9 nitrogen and oxygen atoms in total. The number of benzene rings is 1. The largest absolute Gasteiger partial charge is 0.480 e. The normalized spacial score (nSPS) is 12.2. The number of aliphatic imine (C=N–C) groups is 1. The second-order valence-electron chi connectivity index (χ2n) is 5.03. The summed E-state index contributed by atoms with van der Waals surface area (Å²) in [6, 6.07) is 7.72. The van der Waals surface area contributed by atoms with Gasteiger partial charge in [-0.3, -0.25) is 14.6 Å². The van der Waals surface area contributed by atoms with Crippen molar-refractivity contribution < 1.29 is 19.8 Å². The number of hydrogen-bond acceptors (Lipinski definition) is 5. The Morgan fingerprint density at radius 1 is 1.00 bits per heavy atom. The van der Waals surface area contributed by atoms with Gasteiger partial charge in [-0.1, -0.05) is 30.3 Å². The summed E-state index contributed by atoms with van der Waals surface area (Å²) in [4.78, 5) is 24.3. The van der Waals surface area contributed by atoms with E-state index in [1.54, 1.807) is 0 Å². The summed E-state index contributed by atoms with van der Waals surface area (Å²) >= 11 is 0. The zero-order valence-electron chi connectivity index (χ0n) is 13.3. The highest BCUT2D eigenvalue weighted by molar-refractivity contribution is 5.75. The van der Waals surface area contributed by atoms with Crippen molar-refractivity contribution in [2.24, 2.45) is 27.9 Å². The summed E-state index contributed by atoms with van der Waals surface area (Å²) in [6.45, 7) is 0.420. The fraction of sp³-hybridized carbons (Fsp3) is 0.400.